The monoisotopic (exact) mass is 350 g/mol. The molecule has 2 aromatic heterocycles. The summed E-state index contributed by atoms with van der Waals surface area (Å²) in [7, 11) is 0. The molecule has 0 aromatic carbocycles. The maximum atomic E-state index is 12.2. The van der Waals surface area contributed by atoms with Crippen molar-refractivity contribution < 1.29 is 0 Å². The molecule has 2 aromatic rings. The summed E-state index contributed by atoms with van der Waals surface area (Å²) in [5.41, 5.74) is 2.74. The SMILES string of the molecule is CCc1cccnc1CNc1cnn(C(C)C)c(=O)c1Br. The highest BCUT2D eigenvalue weighted by Crippen LogP contribution is 2.18. The maximum Gasteiger partial charge on any atom is 0.283 e. The summed E-state index contributed by atoms with van der Waals surface area (Å²) in [6.07, 6.45) is 4.37. The Kier molecular flexibility index (Phi) is 5.12. The molecule has 2 heterocycles. The van der Waals surface area contributed by atoms with E-state index in [4.69, 9.17) is 0 Å². The second kappa shape index (κ2) is 6.85. The normalized spacial score (nSPS) is 10.9. The predicted molar refractivity (Wildman–Crippen MR) is 87.5 cm³/mol. The van der Waals surface area contributed by atoms with Gasteiger partial charge in [0.1, 0.15) is 4.47 Å². The molecular formula is C15H19BrN4O. The first-order valence-electron chi connectivity index (χ1n) is 6.98. The zero-order chi connectivity index (χ0) is 15.4. The fourth-order valence-corrected chi connectivity index (χ4v) is 2.49. The van der Waals surface area contributed by atoms with Gasteiger partial charge in [-0.3, -0.25) is 9.78 Å². The molecule has 0 fully saturated rings. The van der Waals surface area contributed by atoms with Crippen LogP contribution in [0.2, 0.25) is 0 Å². The van der Waals surface area contributed by atoms with Crippen molar-refractivity contribution >= 4 is 21.6 Å². The van der Waals surface area contributed by atoms with Crippen LogP contribution in [-0.4, -0.2) is 14.8 Å². The zero-order valence-corrected chi connectivity index (χ0v) is 14.0. The molecule has 2 rings (SSSR count). The van der Waals surface area contributed by atoms with Crippen LogP contribution in [0.25, 0.3) is 0 Å². The largest absolute Gasteiger partial charge is 0.377 e. The van der Waals surface area contributed by atoms with Crippen molar-refractivity contribution in [3.05, 3.63) is 50.6 Å². The lowest BCUT2D eigenvalue weighted by Crippen LogP contribution is -2.26. The van der Waals surface area contributed by atoms with Crippen molar-refractivity contribution in [2.24, 2.45) is 0 Å². The number of aromatic nitrogens is 3. The Hall–Kier alpha value is -1.69. The quantitative estimate of drug-likeness (QED) is 0.899. The van der Waals surface area contributed by atoms with Gasteiger partial charge in [-0.05, 0) is 47.8 Å². The lowest BCUT2D eigenvalue weighted by atomic mass is 10.1. The summed E-state index contributed by atoms with van der Waals surface area (Å²) in [5.74, 6) is 0. The highest BCUT2D eigenvalue weighted by Gasteiger charge is 2.11. The molecular weight excluding hydrogens is 332 g/mol. The molecule has 0 spiro atoms. The van der Waals surface area contributed by atoms with Crippen LogP contribution in [0.4, 0.5) is 5.69 Å². The van der Waals surface area contributed by atoms with E-state index in [1.807, 2.05) is 19.9 Å². The Morgan fingerprint density at radius 1 is 1.43 bits per heavy atom. The third-order valence-corrected chi connectivity index (χ3v) is 4.01. The Labute approximate surface area is 132 Å². The van der Waals surface area contributed by atoms with E-state index in [1.165, 1.54) is 10.2 Å². The summed E-state index contributed by atoms with van der Waals surface area (Å²) in [6, 6.07) is 4.03. The molecule has 21 heavy (non-hydrogen) atoms. The van der Waals surface area contributed by atoms with Crippen LogP contribution in [0.5, 0.6) is 0 Å². The minimum atomic E-state index is -0.133. The Morgan fingerprint density at radius 2 is 2.19 bits per heavy atom. The Bertz CT molecular complexity index is 682. The molecule has 0 unspecified atom stereocenters. The number of anilines is 1. The van der Waals surface area contributed by atoms with Crippen LogP contribution in [0, 0.1) is 0 Å². The van der Waals surface area contributed by atoms with Crippen LogP contribution in [0.1, 0.15) is 38.1 Å². The number of nitrogens with one attached hydrogen (secondary N) is 1. The van der Waals surface area contributed by atoms with E-state index in [-0.39, 0.29) is 11.6 Å². The number of nitrogens with zero attached hydrogens (tertiary/aromatic N) is 3. The third kappa shape index (κ3) is 3.50. The van der Waals surface area contributed by atoms with Crippen molar-refractivity contribution in [3.8, 4) is 0 Å². The lowest BCUT2D eigenvalue weighted by Gasteiger charge is -2.13. The first-order valence-corrected chi connectivity index (χ1v) is 7.77. The van der Waals surface area contributed by atoms with E-state index < -0.39 is 0 Å². The molecule has 6 heteroatoms. The van der Waals surface area contributed by atoms with Gasteiger partial charge >= 0.3 is 0 Å². The number of aryl methyl sites for hydroxylation is 1. The van der Waals surface area contributed by atoms with Gasteiger partial charge in [0.05, 0.1) is 30.2 Å². The summed E-state index contributed by atoms with van der Waals surface area (Å²) in [4.78, 5) is 16.5. The minimum absolute atomic E-state index is 0.0327. The molecule has 0 aliphatic heterocycles. The van der Waals surface area contributed by atoms with E-state index in [2.05, 4.69) is 44.3 Å². The number of rotatable bonds is 5. The summed E-state index contributed by atoms with van der Waals surface area (Å²) in [5, 5.41) is 7.41. The number of hydrogen-bond donors (Lipinski definition) is 1. The molecule has 0 saturated carbocycles. The molecule has 0 atom stereocenters. The molecule has 0 amide bonds. The highest BCUT2D eigenvalue weighted by molar-refractivity contribution is 9.10. The third-order valence-electron chi connectivity index (χ3n) is 3.24. The van der Waals surface area contributed by atoms with E-state index in [0.29, 0.717) is 16.7 Å². The van der Waals surface area contributed by atoms with Crippen molar-refractivity contribution in [3.63, 3.8) is 0 Å². The summed E-state index contributed by atoms with van der Waals surface area (Å²) in [6.45, 7) is 6.52. The Balaban J connectivity index is 2.21. The van der Waals surface area contributed by atoms with Gasteiger partial charge in [-0.2, -0.15) is 5.10 Å². The topological polar surface area (TPSA) is 59.8 Å². The number of hydrogen-bond acceptors (Lipinski definition) is 4. The first kappa shape index (κ1) is 15.7. The molecule has 0 bridgehead atoms. The van der Waals surface area contributed by atoms with Gasteiger partial charge in [-0.15, -0.1) is 0 Å². The van der Waals surface area contributed by atoms with Crippen LogP contribution < -0.4 is 10.9 Å². The summed E-state index contributed by atoms with van der Waals surface area (Å²) >= 11 is 3.35. The second-order valence-corrected chi connectivity index (χ2v) is 5.83. The highest BCUT2D eigenvalue weighted by atomic mass is 79.9. The molecule has 0 aliphatic carbocycles. The van der Waals surface area contributed by atoms with Crippen LogP contribution in [0.3, 0.4) is 0 Å². The van der Waals surface area contributed by atoms with Crippen LogP contribution >= 0.6 is 15.9 Å². The fourth-order valence-electron chi connectivity index (χ4n) is 2.07. The first-order chi connectivity index (χ1) is 10.0. The smallest absolute Gasteiger partial charge is 0.283 e. The van der Waals surface area contributed by atoms with Gasteiger partial charge in [0.15, 0.2) is 0 Å². The van der Waals surface area contributed by atoms with Crippen LogP contribution in [0.15, 0.2) is 33.8 Å². The molecule has 0 saturated heterocycles. The average molecular weight is 351 g/mol. The molecule has 5 nitrogen and oxygen atoms in total. The van der Waals surface area contributed by atoms with Crippen LogP contribution in [-0.2, 0) is 13.0 Å². The van der Waals surface area contributed by atoms with E-state index >= 15 is 0 Å². The van der Waals surface area contributed by atoms with Crippen molar-refractivity contribution in [1.29, 1.82) is 0 Å². The Morgan fingerprint density at radius 3 is 2.86 bits per heavy atom. The predicted octanol–water partition coefficient (Wildman–Crippen LogP) is 3.16. The fraction of sp³-hybridized carbons (Fsp3) is 0.400. The van der Waals surface area contributed by atoms with Crippen molar-refractivity contribution in [2.45, 2.75) is 39.8 Å². The molecule has 1 N–H and O–H groups in total. The average Bonchev–Trinajstić information content (AvgIpc) is 2.48. The molecule has 0 aliphatic rings. The number of halogens is 1. The number of pyridine rings is 1. The van der Waals surface area contributed by atoms with E-state index in [0.717, 1.165) is 12.1 Å². The second-order valence-electron chi connectivity index (χ2n) is 5.03. The van der Waals surface area contributed by atoms with Gasteiger partial charge in [-0.25, -0.2) is 4.68 Å². The molecule has 112 valence electrons. The van der Waals surface area contributed by atoms with E-state index in [9.17, 15) is 4.79 Å². The minimum Gasteiger partial charge on any atom is -0.377 e. The zero-order valence-electron chi connectivity index (χ0n) is 12.4. The molecule has 0 radical (unpaired) electrons. The van der Waals surface area contributed by atoms with Gasteiger partial charge < -0.3 is 5.32 Å². The van der Waals surface area contributed by atoms with Gasteiger partial charge in [0.2, 0.25) is 0 Å². The van der Waals surface area contributed by atoms with Crippen molar-refractivity contribution in [2.75, 3.05) is 5.32 Å². The van der Waals surface area contributed by atoms with Gasteiger partial charge in [0.25, 0.3) is 5.56 Å². The summed E-state index contributed by atoms with van der Waals surface area (Å²) < 4.78 is 1.95. The van der Waals surface area contributed by atoms with Gasteiger partial charge in [0, 0.05) is 6.20 Å². The van der Waals surface area contributed by atoms with Crippen molar-refractivity contribution in [1.82, 2.24) is 14.8 Å². The lowest BCUT2D eigenvalue weighted by molar-refractivity contribution is 0.501. The van der Waals surface area contributed by atoms with Gasteiger partial charge in [-0.1, -0.05) is 13.0 Å². The standard InChI is InChI=1S/C15H19BrN4O/c1-4-11-6-5-7-17-12(11)8-18-13-9-19-20(10(2)3)15(21)14(13)16/h5-7,9-10,18H,4,8H2,1-3H3. The van der Waals surface area contributed by atoms with E-state index in [1.54, 1.807) is 12.4 Å². The maximum absolute atomic E-state index is 12.2.